The van der Waals surface area contributed by atoms with Gasteiger partial charge in [0.1, 0.15) is 0 Å². The largest absolute Gasteiger partial charge is 0.469 e. The monoisotopic (exact) mass is 370 g/mol. The minimum Gasteiger partial charge on any atom is -0.469 e. The number of esters is 2. The summed E-state index contributed by atoms with van der Waals surface area (Å²) >= 11 is 0. The Morgan fingerprint density at radius 2 is 1.36 bits per heavy atom. The van der Waals surface area contributed by atoms with E-state index in [-0.39, 0.29) is 12.5 Å². The predicted octanol–water partition coefficient (Wildman–Crippen LogP) is 1.47. The van der Waals surface area contributed by atoms with Crippen LogP contribution in [0, 0.1) is 0 Å². The van der Waals surface area contributed by atoms with Crippen LogP contribution in [-0.2, 0) is 29.2 Å². The smallest absolute Gasteiger partial charge is 0.327 e. The first-order valence-corrected chi connectivity index (χ1v) is 15.8. The summed E-state index contributed by atoms with van der Waals surface area (Å²) < 4.78 is 41.6. The molecule has 0 saturated heterocycles. The maximum Gasteiger partial charge on any atom is 0.327 e. The third-order valence-electron chi connectivity index (χ3n) is 2.29. The SMILES string of the molecule is C[Si](C)(C)COC(=O)CC(C(=O)OC[Si](C)(C)C)S(=O)(=O)O. The van der Waals surface area contributed by atoms with E-state index in [1.54, 1.807) is 0 Å². The van der Waals surface area contributed by atoms with Crippen molar-refractivity contribution in [2.45, 2.75) is 51.0 Å². The summed E-state index contributed by atoms with van der Waals surface area (Å²) in [7, 11) is -8.11. The van der Waals surface area contributed by atoms with Gasteiger partial charge in [0, 0.05) is 0 Å². The minimum atomic E-state index is -4.73. The quantitative estimate of drug-likeness (QED) is 0.392. The number of ether oxygens (including phenoxy) is 2. The maximum absolute atomic E-state index is 11.8. The standard InChI is InChI=1S/C12H26O7SSi2/c1-21(2,3)8-18-11(13)7-10(20(15,16)17)12(14)19-9-22(4,5)6/h10H,7-9H2,1-6H3,(H,15,16,17). The fourth-order valence-electron chi connectivity index (χ4n) is 1.20. The fraction of sp³-hybridized carbons (Fsp3) is 0.833. The van der Waals surface area contributed by atoms with Crippen LogP contribution in [0.2, 0.25) is 39.3 Å². The second-order valence-electron chi connectivity index (χ2n) is 7.60. The van der Waals surface area contributed by atoms with Crippen molar-refractivity contribution in [3.63, 3.8) is 0 Å². The van der Waals surface area contributed by atoms with Gasteiger partial charge in [-0.3, -0.25) is 14.1 Å². The lowest BCUT2D eigenvalue weighted by atomic mass is 10.3. The molecule has 10 heteroatoms. The zero-order chi connectivity index (χ0) is 17.8. The molecule has 0 heterocycles. The van der Waals surface area contributed by atoms with Crippen molar-refractivity contribution in [3.8, 4) is 0 Å². The number of hydrogen-bond donors (Lipinski definition) is 1. The third kappa shape index (κ3) is 10.1. The van der Waals surface area contributed by atoms with E-state index >= 15 is 0 Å². The van der Waals surface area contributed by atoms with Crippen molar-refractivity contribution in [1.82, 2.24) is 0 Å². The highest BCUT2D eigenvalue weighted by molar-refractivity contribution is 7.87. The Labute approximate surface area is 134 Å². The molecule has 0 rings (SSSR count). The van der Waals surface area contributed by atoms with E-state index < -0.39 is 49.9 Å². The highest BCUT2D eigenvalue weighted by Crippen LogP contribution is 2.11. The fourth-order valence-corrected chi connectivity index (χ4v) is 3.03. The van der Waals surface area contributed by atoms with E-state index in [1.165, 1.54) is 0 Å². The van der Waals surface area contributed by atoms with E-state index in [4.69, 9.17) is 14.0 Å². The van der Waals surface area contributed by atoms with Gasteiger partial charge >= 0.3 is 11.9 Å². The van der Waals surface area contributed by atoms with E-state index in [9.17, 15) is 18.0 Å². The molecule has 0 aliphatic heterocycles. The average molecular weight is 371 g/mol. The molecular formula is C12H26O7SSi2. The topological polar surface area (TPSA) is 107 Å². The van der Waals surface area contributed by atoms with Crippen LogP contribution in [0.15, 0.2) is 0 Å². The van der Waals surface area contributed by atoms with E-state index in [0.717, 1.165) is 0 Å². The summed E-state index contributed by atoms with van der Waals surface area (Å²) in [4.78, 5) is 23.5. The van der Waals surface area contributed by atoms with Crippen LogP contribution in [0.1, 0.15) is 6.42 Å². The van der Waals surface area contributed by atoms with Gasteiger partial charge in [-0.1, -0.05) is 39.3 Å². The molecule has 0 spiro atoms. The average Bonchev–Trinajstić information content (AvgIpc) is 2.27. The van der Waals surface area contributed by atoms with Crippen LogP contribution in [0.3, 0.4) is 0 Å². The molecule has 0 radical (unpaired) electrons. The van der Waals surface area contributed by atoms with Crippen molar-refractivity contribution < 1.29 is 32.0 Å². The highest BCUT2D eigenvalue weighted by Gasteiger charge is 2.36. The second-order valence-corrected chi connectivity index (χ2v) is 20.0. The molecule has 0 aromatic heterocycles. The summed E-state index contributed by atoms with van der Waals surface area (Å²) in [5.74, 6) is -1.95. The van der Waals surface area contributed by atoms with Crippen LogP contribution in [0.25, 0.3) is 0 Å². The van der Waals surface area contributed by atoms with E-state index in [0.29, 0.717) is 0 Å². The zero-order valence-corrected chi connectivity index (χ0v) is 16.8. The summed E-state index contributed by atoms with van der Waals surface area (Å²) in [6.45, 7) is 11.7. The summed E-state index contributed by atoms with van der Waals surface area (Å²) in [6.07, 6.45) is -0.413. The maximum atomic E-state index is 11.8. The number of rotatable bonds is 8. The van der Waals surface area contributed by atoms with Gasteiger partial charge in [-0.2, -0.15) is 8.42 Å². The molecule has 0 aromatic carbocycles. The summed E-state index contributed by atoms with van der Waals surface area (Å²) in [5.41, 5.74) is 0. The van der Waals surface area contributed by atoms with Crippen molar-refractivity contribution >= 4 is 38.2 Å². The molecule has 1 atom stereocenters. The lowest BCUT2D eigenvalue weighted by Gasteiger charge is -2.19. The van der Waals surface area contributed by atoms with E-state index in [1.807, 2.05) is 39.3 Å². The molecule has 22 heavy (non-hydrogen) atoms. The first-order chi connectivity index (χ1) is 9.62. The van der Waals surface area contributed by atoms with Crippen LogP contribution in [-0.4, -0.2) is 58.8 Å². The van der Waals surface area contributed by atoms with Crippen molar-refractivity contribution in [2.75, 3.05) is 12.5 Å². The van der Waals surface area contributed by atoms with Gasteiger partial charge in [-0.25, -0.2) is 0 Å². The lowest BCUT2D eigenvalue weighted by molar-refractivity contribution is -0.148. The Hall–Kier alpha value is -0.716. The van der Waals surface area contributed by atoms with Gasteiger partial charge in [0.25, 0.3) is 10.1 Å². The molecule has 1 N–H and O–H groups in total. The van der Waals surface area contributed by atoms with Crippen molar-refractivity contribution in [2.24, 2.45) is 0 Å². The van der Waals surface area contributed by atoms with Gasteiger partial charge < -0.3 is 9.47 Å². The van der Waals surface area contributed by atoms with Gasteiger partial charge in [0.15, 0.2) is 5.25 Å². The molecule has 0 bridgehead atoms. The molecule has 0 amide bonds. The Kier molecular flexibility index (Phi) is 7.46. The molecule has 7 nitrogen and oxygen atoms in total. The zero-order valence-electron chi connectivity index (χ0n) is 14.0. The van der Waals surface area contributed by atoms with Gasteiger partial charge in [0.2, 0.25) is 0 Å². The van der Waals surface area contributed by atoms with Crippen LogP contribution in [0.5, 0.6) is 0 Å². The van der Waals surface area contributed by atoms with Gasteiger partial charge in [-0.05, 0) is 0 Å². The molecular weight excluding hydrogens is 344 g/mol. The van der Waals surface area contributed by atoms with Crippen LogP contribution in [0.4, 0.5) is 0 Å². The Bertz CT molecular complexity index is 503. The molecule has 0 aliphatic rings. The molecule has 0 aliphatic carbocycles. The van der Waals surface area contributed by atoms with E-state index in [2.05, 4.69) is 0 Å². The molecule has 0 saturated carbocycles. The predicted molar refractivity (Wildman–Crippen MR) is 88.6 cm³/mol. The third-order valence-corrected chi connectivity index (χ3v) is 5.39. The Morgan fingerprint density at radius 3 is 1.73 bits per heavy atom. The Morgan fingerprint density at radius 1 is 0.955 bits per heavy atom. The second kappa shape index (κ2) is 7.71. The van der Waals surface area contributed by atoms with Gasteiger partial charge in [0.05, 0.1) is 35.0 Å². The number of carbonyl (C=O) groups is 2. The lowest BCUT2D eigenvalue weighted by Crippen LogP contribution is -2.39. The normalized spacial score (nSPS) is 14.3. The molecule has 0 fully saturated rings. The molecule has 0 aromatic rings. The summed E-state index contributed by atoms with van der Waals surface area (Å²) in [5, 5.41) is -1.93. The summed E-state index contributed by atoms with van der Waals surface area (Å²) in [6, 6.07) is 0. The Balaban J connectivity index is 4.81. The molecule has 130 valence electrons. The van der Waals surface area contributed by atoms with Crippen molar-refractivity contribution in [3.05, 3.63) is 0 Å². The van der Waals surface area contributed by atoms with Crippen LogP contribution >= 0.6 is 0 Å². The number of hydrogen-bond acceptors (Lipinski definition) is 6. The first kappa shape index (κ1) is 21.3. The van der Waals surface area contributed by atoms with Gasteiger partial charge in [-0.15, -0.1) is 0 Å². The van der Waals surface area contributed by atoms with Crippen molar-refractivity contribution in [1.29, 1.82) is 0 Å². The minimum absolute atomic E-state index is 0.113. The number of carbonyl (C=O) groups excluding carboxylic acids is 2. The first-order valence-electron chi connectivity index (χ1n) is 6.90. The highest BCUT2D eigenvalue weighted by atomic mass is 32.2. The van der Waals surface area contributed by atoms with Crippen LogP contribution < -0.4 is 0 Å². The molecule has 1 unspecified atom stereocenters.